The van der Waals surface area contributed by atoms with Crippen molar-refractivity contribution in [3.63, 3.8) is 0 Å². The van der Waals surface area contributed by atoms with E-state index in [9.17, 15) is 14.0 Å². The van der Waals surface area contributed by atoms with E-state index in [-0.39, 0.29) is 28.1 Å². The lowest BCUT2D eigenvalue weighted by molar-refractivity contribution is -0.134. The van der Waals surface area contributed by atoms with E-state index in [0.29, 0.717) is 39.2 Å². The maximum absolute atomic E-state index is 13.1. The second-order valence-electron chi connectivity index (χ2n) is 6.86. The molecule has 3 aromatic carbocycles. The zero-order chi connectivity index (χ0) is 24.1. The summed E-state index contributed by atoms with van der Waals surface area (Å²) in [5, 5.41) is 3.17. The quantitative estimate of drug-likeness (QED) is 0.239. The molecule has 0 spiro atoms. The molecule has 5 nitrogen and oxygen atoms in total. The highest BCUT2D eigenvalue weighted by Crippen LogP contribution is 2.44. The van der Waals surface area contributed by atoms with Gasteiger partial charge < -0.3 is 14.8 Å². The minimum absolute atomic E-state index is 0.181. The summed E-state index contributed by atoms with van der Waals surface area (Å²) >= 11 is 16.3. The number of carbonyl (C=O) groups excluding carboxylic acids is 2. The molecule has 3 rings (SSSR count). The topological polar surface area (TPSA) is 64.6 Å². The number of ether oxygens (including phenoxy) is 2. The van der Waals surface area contributed by atoms with Gasteiger partial charge in [-0.15, -0.1) is 0 Å². The van der Waals surface area contributed by atoms with E-state index in [1.807, 2.05) is 6.92 Å². The first kappa shape index (κ1) is 25.0. The van der Waals surface area contributed by atoms with Gasteiger partial charge in [0.1, 0.15) is 17.3 Å². The Bertz CT molecular complexity index is 1200. The number of hydrogen-bond donors (Lipinski definition) is 1. The van der Waals surface area contributed by atoms with Crippen LogP contribution in [0.5, 0.6) is 17.2 Å². The third-order valence-corrected chi connectivity index (χ3v) is 5.95. The van der Waals surface area contributed by atoms with Gasteiger partial charge in [0.2, 0.25) is 0 Å². The summed E-state index contributed by atoms with van der Waals surface area (Å²) in [6.45, 7) is 3.57. The molecule has 0 bridgehead atoms. The number of anilines is 1. The minimum atomic E-state index is -0.422. The van der Waals surface area contributed by atoms with Crippen LogP contribution in [-0.4, -0.2) is 11.9 Å². The number of nitrogens with one attached hydrogen (secondary N) is 1. The molecule has 0 aromatic heterocycles. The summed E-state index contributed by atoms with van der Waals surface area (Å²) in [5.41, 5.74) is 1.41. The first-order valence-corrected chi connectivity index (χ1v) is 11.5. The second kappa shape index (κ2) is 11.0. The standard InChI is InChI=1S/C24H19BrCl2FNO4/c1-3-16-20(33-21(30)4-2)12-18(26)23(22(16)27)32-15-9-10-19(17(25)11-15)29-24(31)13-5-7-14(28)8-6-13/h5-12H,3-4H2,1-2H3,(H,29,31). The van der Waals surface area contributed by atoms with Gasteiger partial charge in [0, 0.05) is 28.1 Å². The van der Waals surface area contributed by atoms with Crippen LogP contribution in [0.3, 0.4) is 0 Å². The highest BCUT2D eigenvalue weighted by atomic mass is 79.9. The van der Waals surface area contributed by atoms with Crippen LogP contribution in [0.2, 0.25) is 10.0 Å². The van der Waals surface area contributed by atoms with Gasteiger partial charge in [0.15, 0.2) is 5.75 Å². The van der Waals surface area contributed by atoms with Crippen molar-refractivity contribution in [2.45, 2.75) is 26.7 Å². The van der Waals surface area contributed by atoms with Crippen molar-refractivity contribution in [2.24, 2.45) is 0 Å². The smallest absolute Gasteiger partial charge is 0.310 e. The lowest BCUT2D eigenvalue weighted by Crippen LogP contribution is -2.12. The molecule has 0 saturated carbocycles. The monoisotopic (exact) mass is 553 g/mol. The van der Waals surface area contributed by atoms with E-state index in [1.165, 1.54) is 30.3 Å². The van der Waals surface area contributed by atoms with Gasteiger partial charge in [-0.3, -0.25) is 9.59 Å². The van der Waals surface area contributed by atoms with Crippen molar-refractivity contribution < 1.29 is 23.5 Å². The van der Waals surface area contributed by atoms with Crippen molar-refractivity contribution in [1.29, 1.82) is 0 Å². The lowest BCUT2D eigenvalue weighted by Gasteiger charge is -2.16. The molecule has 0 saturated heterocycles. The molecule has 33 heavy (non-hydrogen) atoms. The summed E-state index contributed by atoms with van der Waals surface area (Å²) in [7, 11) is 0. The Labute approximate surface area is 208 Å². The van der Waals surface area contributed by atoms with Crippen LogP contribution >= 0.6 is 39.1 Å². The lowest BCUT2D eigenvalue weighted by atomic mass is 10.1. The normalized spacial score (nSPS) is 10.6. The maximum Gasteiger partial charge on any atom is 0.310 e. The Morgan fingerprint density at radius 2 is 1.76 bits per heavy atom. The molecule has 0 unspecified atom stereocenters. The highest BCUT2D eigenvalue weighted by Gasteiger charge is 2.20. The predicted octanol–water partition coefficient (Wildman–Crippen LogP) is 7.82. The molecule has 0 atom stereocenters. The van der Waals surface area contributed by atoms with Gasteiger partial charge >= 0.3 is 5.97 Å². The van der Waals surface area contributed by atoms with E-state index in [1.54, 1.807) is 25.1 Å². The van der Waals surface area contributed by atoms with Crippen LogP contribution in [0, 0.1) is 5.82 Å². The van der Waals surface area contributed by atoms with Crippen molar-refractivity contribution in [2.75, 3.05) is 5.32 Å². The molecule has 0 fully saturated rings. The van der Waals surface area contributed by atoms with Crippen LogP contribution in [0.1, 0.15) is 36.2 Å². The number of esters is 1. The van der Waals surface area contributed by atoms with E-state index in [2.05, 4.69) is 21.2 Å². The van der Waals surface area contributed by atoms with E-state index >= 15 is 0 Å². The summed E-state index contributed by atoms with van der Waals surface area (Å²) < 4.78 is 24.9. The fraction of sp³-hybridized carbons (Fsp3) is 0.167. The average Bonchev–Trinajstić information content (AvgIpc) is 2.78. The average molecular weight is 555 g/mol. The third kappa shape index (κ3) is 6.05. The van der Waals surface area contributed by atoms with Gasteiger partial charge in [0.25, 0.3) is 5.91 Å². The molecule has 0 heterocycles. The molecule has 0 aliphatic heterocycles. The van der Waals surface area contributed by atoms with Gasteiger partial charge in [-0.2, -0.15) is 0 Å². The fourth-order valence-corrected chi connectivity index (χ4v) is 4.01. The van der Waals surface area contributed by atoms with Crippen molar-refractivity contribution in [1.82, 2.24) is 0 Å². The summed E-state index contributed by atoms with van der Waals surface area (Å²) in [6, 6.07) is 11.6. The largest absolute Gasteiger partial charge is 0.454 e. The molecule has 3 aromatic rings. The molecule has 172 valence electrons. The Hall–Kier alpha value is -2.61. The van der Waals surface area contributed by atoms with Crippen LogP contribution in [0.25, 0.3) is 0 Å². The van der Waals surface area contributed by atoms with Gasteiger partial charge in [-0.1, -0.05) is 37.0 Å². The van der Waals surface area contributed by atoms with E-state index < -0.39 is 11.8 Å². The third-order valence-electron chi connectivity index (χ3n) is 4.62. The number of halogens is 4. The van der Waals surface area contributed by atoms with Crippen LogP contribution < -0.4 is 14.8 Å². The number of benzene rings is 3. The van der Waals surface area contributed by atoms with Crippen LogP contribution in [-0.2, 0) is 11.2 Å². The Morgan fingerprint density at radius 1 is 1.06 bits per heavy atom. The molecule has 9 heteroatoms. The van der Waals surface area contributed by atoms with Crippen LogP contribution in [0.4, 0.5) is 10.1 Å². The molecule has 0 radical (unpaired) electrons. The first-order valence-electron chi connectivity index (χ1n) is 9.99. The predicted molar refractivity (Wildman–Crippen MR) is 130 cm³/mol. The Morgan fingerprint density at radius 3 is 2.36 bits per heavy atom. The van der Waals surface area contributed by atoms with Crippen LogP contribution in [0.15, 0.2) is 53.0 Å². The van der Waals surface area contributed by atoms with E-state index in [0.717, 1.165) is 0 Å². The molecule has 1 N–H and O–H groups in total. The molecular formula is C24H19BrCl2FNO4. The van der Waals surface area contributed by atoms with Gasteiger partial charge in [-0.05, 0) is 64.8 Å². The first-order chi connectivity index (χ1) is 15.7. The minimum Gasteiger partial charge on any atom is -0.454 e. The number of carbonyl (C=O) groups is 2. The van der Waals surface area contributed by atoms with Crippen molar-refractivity contribution in [3.8, 4) is 17.2 Å². The maximum atomic E-state index is 13.1. The Kier molecular flexibility index (Phi) is 8.35. The van der Waals surface area contributed by atoms with Gasteiger partial charge in [0.05, 0.1) is 15.7 Å². The van der Waals surface area contributed by atoms with Crippen molar-refractivity contribution >= 4 is 56.7 Å². The number of amides is 1. The highest BCUT2D eigenvalue weighted by molar-refractivity contribution is 9.10. The zero-order valence-corrected chi connectivity index (χ0v) is 20.8. The van der Waals surface area contributed by atoms with Crippen molar-refractivity contribution in [3.05, 3.63) is 80.0 Å². The molecule has 0 aliphatic rings. The summed E-state index contributed by atoms with van der Waals surface area (Å²) in [6.07, 6.45) is 0.714. The summed E-state index contributed by atoms with van der Waals surface area (Å²) in [5.74, 6) is -0.277. The SMILES string of the molecule is CCC(=O)Oc1cc(Cl)c(Oc2ccc(NC(=O)c3ccc(F)cc3)c(Br)c2)c(Cl)c1CC. The number of rotatable bonds is 7. The number of hydrogen-bond acceptors (Lipinski definition) is 4. The zero-order valence-electron chi connectivity index (χ0n) is 17.7. The fourth-order valence-electron chi connectivity index (χ4n) is 2.90. The molecular weight excluding hydrogens is 536 g/mol. The second-order valence-corrected chi connectivity index (χ2v) is 8.50. The molecule has 0 aliphatic carbocycles. The van der Waals surface area contributed by atoms with E-state index in [4.69, 9.17) is 32.7 Å². The van der Waals surface area contributed by atoms with Gasteiger partial charge in [-0.25, -0.2) is 4.39 Å². The Balaban J connectivity index is 1.82. The summed E-state index contributed by atoms with van der Waals surface area (Å²) in [4.78, 5) is 24.1. The molecule has 1 amide bonds.